The van der Waals surface area contributed by atoms with Crippen molar-refractivity contribution in [1.29, 1.82) is 0 Å². The summed E-state index contributed by atoms with van der Waals surface area (Å²) in [7, 11) is 3.60. The second-order valence-electron chi connectivity index (χ2n) is 2.26. The molecule has 0 saturated carbocycles. The molecule has 0 aliphatic carbocycles. The number of methoxy groups -OCH3 is 1. The fourth-order valence-corrected chi connectivity index (χ4v) is 0.904. The largest absolute Gasteiger partial charge is 0.375 e. The highest BCUT2D eigenvalue weighted by Gasteiger charge is 2.05. The Kier molecular flexibility index (Phi) is 2.06. The maximum absolute atomic E-state index is 5.11. The second kappa shape index (κ2) is 2.84. The molecule has 0 spiro atoms. The zero-order valence-electron chi connectivity index (χ0n) is 6.53. The Bertz CT molecular complexity index is 207. The Balaban J connectivity index is 2.82. The fraction of sp³-hybridized carbons (Fsp3) is 0.571. The second-order valence-corrected chi connectivity index (χ2v) is 2.26. The zero-order valence-corrected chi connectivity index (χ0v) is 6.53. The lowest BCUT2D eigenvalue weighted by atomic mass is 10.3. The molecule has 1 aromatic heterocycles. The summed E-state index contributed by atoms with van der Waals surface area (Å²) in [5, 5.41) is 4.02. The molecule has 1 unspecified atom stereocenters. The molecule has 0 amide bonds. The fourth-order valence-electron chi connectivity index (χ4n) is 0.904. The normalized spacial score (nSPS) is 13.5. The minimum Gasteiger partial charge on any atom is -0.375 e. The SMILES string of the molecule is COC(C)c1ccnn1C. The molecule has 0 aliphatic heterocycles. The van der Waals surface area contributed by atoms with Gasteiger partial charge >= 0.3 is 0 Å². The predicted octanol–water partition coefficient (Wildman–Crippen LogP) is 1.13. The van der Waals surface area contributed by atoms with Crippen molar-refractivity contribution in [1.82, 2.24) is 9.78 Å². The van der Waals surface area contributed by atoms with Crippen LogP contribution in [-0.4, -0.2) is 16.9 Å². The third kappa shape index (κ3) is 1.19. The van der Waals surface area contributed by atoms with Gasteiger partial charge in [0.25, 0.3) is 0 Å². The van der Waals surface area contributed by atoms with Crippen molar-refractivity contribution < 1.29 is 4.74 Å². The number of hydrogen-bond acceptors (Lipinski definition) is 2. The molecule has 3 nitrogen and oxygen atoms in total. The van der Waals surface area contributed by atoms with E-state index in [2.05, 4.69) is 5.10 Å². The lowest BCUT2D eigenvalue weighted by Gasteiger charge is -2.08. The average Bonchev–Trinajstić information content (AvgIpc) is 2.34. The van der Waals surface area contributed by atoms with Crippen molar-refractivity contribution in [2.45, 2.75) is 13.0 Å². The summed E-state index contributed by atoms with van der Waals surface area (Å²) in [5.74, 6) is 0. The summed E-state index contributed by atoms with van der Waals surface area (Å²) in [5.41, 5.74) is 1.10. The third-order valence-electron chi connectivity index (χ3n) is 1.63. The Morgan fingerprint density at radius 3 is 2.80 bits per heavy atom. The van der Waals surface area contributed by atoms with Gasteiger partial charge in [0.1, 0.15) is 0 Å². The van der Waals surface area contributed by atoms with E-state index >= 15 is 0 Å². The molecule has 56 valence electrons. The summed E-state index contributed by atoms with van der Waals surface area (Å²) in [6.45, 7) is 2.00. The summed E-state index contributed by atoms with van der Waals surface area (Å²) >= 11 is 0. The van der Waals surface area contributed by atoms with Crippen LogP contribution in [-0.2, 0) is 11.8 Å². The maximum atomic E-state index is 5.11. The lowest BCUT2D eigenvalue weighted by molar-refractivity contribution is 0.112. The molecular formula is C7H12N2O. The van der Waals surface area contributed by atoms with E-state index in [1.807, 2.05) is 24.7 Å². The highest BCUT2D eigenvalue weighted by atomic mass is 16.5. The Labute approximate surface area is 60.6 Å². The predicted molar refractivity (Wildman–Crippen MR) is 38.6 cm³/mol. The van der Waals surface area contributed by atoms with Crippen LogP contribution in [0.4, 0.5) is 0 Å². The Morgan fingerprint density at radius 1 is 1.70 bits per heavy atom. The van der Waals surface area contributed by atoms with Crippen LogP contribution in [0.3, 0.4) is 0 Å². The molecule has 0 aromatic carbocycles. The molecule has 0 aliphatic rings. The molecule has 0 radical (unpaired) electrons. The van der Waals surface area contributed by atoms with Crippen LogP contribution >= 0.6 is 0 Å². The van der Waals surface area contributed by atoms with Gasteiger partial charge in [-0.15, -0.1) is 0 Å². The molecule has 1 aromatic rings. The first kappa shape index (κ1) is 7.28. The van der Waals surface area contributed by atoms with Crippen LogP contribution in [0.15, 0.2) is 12.3 Å². The van der Waals surface area contributed by atoms with Gasteiger partial charge in [-0.25, -0.2) is 0 Å². The molecule has 1 rings (SSSR count). The number of aryl methyl sites for hydroxylation is 1. The number of hydrogen-bond donors (Lipinski definition) is 0. The van der Waals surface area contributed by atoms with E-state index in [0.717, 1.165) is 5.69 Å². The summed E-state index contributed by atoms with van der Waals surface area (Å²) in [6, 6.07) is 1.95. The maximum Gasteiger partial charge on any atom is 0.0959 e. The van der Waals surface area contributed by atoms with E-state index in [4.69, 9.17) is 4.74 Å². The van der Waals surface area contributed by atoms with E-state index < -0.39 is 0 Å². The molecule has 0 saturated heterocycles. The van der Waals surface area contributed by atoms with Gasteiger partial charge in [0.05, 0.1) is 11.8 Å². The standard InChI is InChI=1S/C7H12N2O/c1-6(10-3)7-4-5-8-9(7)2/h4-6H,1-3H3. The smallest absolute Gasteiger partial charge is 0.0959 e. The topological polar surface area (TPSA) is 27.1 Å². The number of nitrogens with zero attached hydrogens (tertiary/aromatic N) is 2. The first-order valence-corrected chi connectivity index (χ1v) is 3.26. The van der Waals surface area contributed by atoms with Crippen molar-refractivity contribution in [3.05, 3.63) is 18.0 Å². The summed E-state index contributed by atoms with van der Waals surface area (Å²) in [6.07, 6.45) is 1.90. The Morgan fingerprint density at radius 2 is 2.40 bits per heavy atom. The van der Waals surface area contributed by atoms with Crippen molar-refractivity contribution in [3.63, 3.8) is 0 Å². The average molecular weight is 140 g/mol. The number of rotatable bonds is 2. The van der Waals surface area contributed by atoms with Gasteiger partial charge in [0, 0.05) is 20.4 Å². The van der Waals surface area contributed by atoms with Gasteiger partial charge in [-0.05, 0) is 13.0 Å². The zero-order chi connectivity index (χ0) is 7.56. The lowest BCUT2D eigenvalue weighted by Crippen LogP contribution is -2.03. The Hall–Kier alpha value is -0.830. The molecule has 1 atom stereocenters. The van der Waals surface area contributed by atoms with Gasteiger partial charge in [-0.3, -0.25) is 4.68 Å². The molecule has 0 bridgehead atoms. The first-order chi connectivity index (χ1) is 4.75. The highest BCUT2D eigenvalue weighted by Crippen LogP contribution is 2.12. The quantitative estimate of drug-likeness (QED) is 0.615. The van der Waals surface area contributed by atoms with Crippen molar-refractivity contribution in [3.8, 4) is 0 Å². The van der Waals surface area contributed by atoms with Crippen LogP contribution in [0.25, 0.3) is 0 Å². The molecule has 0 fully saturated rings. The van der Waals surface area contributed by atoms with Crippen LogP contribution in [0.2, 0.25) is 0 Å². The van der Waals surface area contributed by atoms with Crippen molar-refractivity contribution in [2.24, 2.45) is 7.05 Å². The minimum atomic E-state index is 0.132. The number of aromatic nitrogens is 2. The van der Waals surface area contributed by atoms with Crippen molar-refractivity contribution >= 4 is 0 Å². The van der Waals surface area contributed by atoms with E-state index in [0.29, 0.717) is 0 Å². The summed E-state index contributed by atoms with van der Waals surface area (Å²) < 4.78 is 6.93. The van der Waals surface area contributed by atoms with E-state index in [1.54, 1.807) is 13.3 Å². The highest BCUT2D eigenvalue weighted by molar-refractivity contribution is 5.02. The first-order valence-electron chi connectivity index (χ1n) is 3.26. The third-order valence-corrected chi connectivity index (χ3v) is 1.63. The molecule has 1 heterocycles. The van der Waals surface area contributed by atoms with Gasteiger partial charge < -0.3 is 4.74 Å². The molecular weight excluding hydrogens is 128 g/mol. The molecule has 3 heteroatoms. The van der Waals surface area contributed by atoms with Crippen LogP contribution in [0.5, 0.6) is 0 Å². The van der Waals surface area contributed by atoms with Gasteiger partial charge in [-0.2, -0.15) is 5.10 Å². The molecule has 10 heavy (non-hydrogen) atoms. The van der Waals surface area contributed by atoms with Gasteiger partial charge in [0.2, 0.25) is 0 Å². The van der Waals surface area contributed by atoms with Crippen molar-refractivity contribution in [2.75, 3.05) is 7.11 Å². The van der Waals surface area contributed by atoms with Crippen LogP contribution in [0, 0.1) is 0 Å². The number of ether oxygens (including phenoxy) is 1. The van der Waals surface area contributed by atoms with E-state index in [-0.39, 0.29) is 6.10 Å². The van der Waals surface area contributed by atoms with E-state index in [9.17, 15) is 0 Å². The van der Waals surface area contributed by atoms with E-state index in [1.165, 1.54) is 0 Å². The minimum absolute atomic E-state index is 0.132. The monoisotopic (exact) mass is 140 g/mol. The van der Waals surface area contributed by atoms with Crippen LogP contribution in [0.1, 0.15) is 18.7 Å². The molecule has 0 N–H and O–H groups in total. The van der Waals surface area contributed by atoms with Crippen LogP contribution < -0.4 is 0 Å². The summed E-state index contributed by atoms with van der Waals surface area (Å²) in [4.78, 5) is 0. The van der Waals surface area contributed by atoms with Gasteiger partial charge in [0.15, 0.2) is 0 Å². The van der Waals surface area contributed by atoms with Gasteiger partial charge in [-0.1, -0.05) is 0 Å².